The van der Waals surface area contributed by atoms with Crippen LogP contribution < -0.4 is 5.32 Å². The molecule has 2 aliphatic rings. The number of carbonyl (C=O) groups is 2. The first-order chi connectivity index (χ1) is 13.0. The van der Waals surface area contributed by atoms with Crippen LogP contribution in [0.5, 0.6) is 0 Å². The van der Waals surface area contributed by atoms with Crippen LogP contribution >= 0.6 is 0 Å². The predicted octanol–water partition coefficient (Wildman–Crippen LogP) is 3.75. The van der Waals surface area contributed by atoms with Crippen molar-refractivity contribution in [2.75, 3.05) is 13.6 Å². The van der Waals surface area contributed by atoms with Crippen LogP contribution in [0.4, 0.5) is 0 Å². The Labute approximate surface area is 162 Å². The number of hydrogen-bond donors (Lipinski definition) is 1. The van der Waals surface area contributed by atoms with Crippen LogP contribution in [0.1, 0.15) is 74.4 Å². The summed E-state index contributed by atoms with van der Waals surface area (Å²) in [5.41, 5.74) is 3.62. The molecule has 0 spiro atoms. The summed E-state index contributed by atoms with van der Waals surface area (Å²) in [6.45, 7) is 4.97. The van der Waals surface area contributed by atoms with Gasteiger partial charge in [-0.3, -0.25) is 9.59 Å². The molecular formula is C22H33N3O2. The fourth-order valence-corrected chi connectivity index (χ4v) is 4.76. The van der Waals surface area contributed by atoms with E-state index in [4.69, 9.17) is 0 Å². The Hall–Kier alpha value is -2.04. The summed E-state index contributed by atoms with van der Waals surface area (Å²) in [7, 11) is 1.63. The molecule has 2 heterocycles. The number of hydrogen-bond acceptors (Lipinski definition) is 2. The van der Waals surface area contributed by atoms with E-state index in [0.29, 0.717) is 12.6 Å². The highest BCUT2D eigenvalue weighted by Gasteiger charge is 2.30. The number of aromatic nitrogens is 1. The Bertz CT molecular complexity index is 713. The van der Waals surface area contributed by atoms with E-state index in [1.807, 2.05) is 6.08 Å². The molecule has 2 amide bonds. The minimum absolute atomic E-state index is 0.0630. The summed E-state index contributed by atoms with van der Waals surface area (Å²) < 4.78 is 2.46. The first kappa shape index (κ1) is 19.7. The number of likely N-dealkylation sites (N-methyl/N-ethyl adjacent to an activating group) is 1. The van der Waals surface area contributed by atoms with E-state index in [-0.39, 0.29) is 17.9 Å². The van der Waals surface area contributed by atoms with Gasteiger partial charge in [-0.15, -0.1) is 0 Å². The van der Waals surface area contributed by atoms with Crippen LogP contribution in [-0.4, -0.2) is 40.9 Å². The maximum Gasteiger partial charge on any atom is 0.247 e. The lowest BCUT2D eigenvalue weighted by molar-refractivity contribution is -0.138. The molecule has 1 atom stereocenters. The third-order valence-electron chi connectivity index (χ3n) is 6.20. The van der Waals surface area contributed by atoms with E-state index in [0.717, 1.165) is 24.8 Å². The third-order valence-corrected chi connectivity index (χ3v) is 6.20. The van der Waals surface area contributed by atoms with E-state index in [1.54, 1.807) is 18.0 Å². The molecule has 1 aliphatic heterocycles. The van der Waals surface area contributed by atoms with Gasteiger partial charge >= 0.3 is 0 Å². The number of carbonyl (C=O) groups excluding carboxylic acids is 2. The molecule has 27 heavy (non-hydrogen) atoms. The molecule has 1 saturated carbocycles. The molecule has 3 rings (SSSR count). The smallest absolute Gasteiger partial charge is 0.247 e. The van der Waals surface area contributed by atoms with Crippen LogP contribution in [0.3, 0.4) is 0 Å². The fourth-order valence-electron chi connectivity index (χ4n) is 4.76. The number of amides is 2. The van der Waals surface area contributed by atoms with E-state index < -0.39 is 0 Å². The minimum atomic E-state index is -0.337. The Morgan fingerprint density at radius 2 is 1.78 bits per heavy atom. The van der Waals surface area contributed by atoms with Crippen LogP contribution in [0.15, 0.2) is 12.1 Å². The maximum absolute atomic E-state index is 12.8. The molecule has 5 nitrogen and oxygen atoms in total. The lowest BCUT2D eigenvalue weighted by Gasteiger charge is -2.33. The van der Waals surface area contributed by atoms with Crippen molar-refractivity contribution in [3.05, 3.63) is 29.1 Å². The van der Waals surface area contributed by atoms with Crippen molar-refractivity contribution in [2.24, 2.45) is 0 Å². The highest BCUT2D eigenvalue weighted by atomic mass is 16.2. The summed E-state index contributed by atoms with van der Waals surface area (Å²) in [4.78, 5) is 26.6. The number of likely N-dealkylation sites (tertiary alicyclic amines) is 1. The second-order valence-electron chi connectivity index (χ2n) is 7.98. The molecule has 1 N–H and O–H groups in total. The molecule has 5 heteroatoms. The molecule has 0 aromatic carbocycles. The molecule has 148 valence electrons. The molecule has 1 aromatic rings. The lowest BCUT2D eigenvalue weighted by Crippen LogP contribution is -2.50. The standard InChI is InChI=1S/C22H33N3O2/c1-16-15-18(17(2)25(16)19-9-5-4-6-10-19)12-13-21(26)24-14-8-7-11-20(24)22(27)23-3/h12-13,15,19-20H,4-11,14H2,1-3H3,(H,23,27)/b13-12+. The summed E-state index contributed by atoms with van der Waals surface area (Å²) >= 11 is 0. The van der Waals surface area contributed by atoms with Gasteiger partial charge in [-0.2, -0.15) is 0 Å². The molecule has 1 unspecified atom stereocenters. The Morgan fingerprint density at radius 1 is 1.07 bits per heavy atom. The van der Waals surface area contributed by atoms with Crippen molar-refractivity contribution in [3.63, 3.8) is 0 Å². The summed E-state index contributed by atoms with van der Waals surface area (Å²) in [6, 6.07) is 2.44. The summed E-state index contributed by atoms with van der Waals surface area (Å²) in [5, 5.41) is 2.69. The van der Waals surface area contributed by atoms with Crippen LogP contribution in [0, 0.1) is 13.8 Å². The van der Waals surface area contributed by atoms with Gasteiger partial charge in [0.1, 0.15) is 6.04 Å². The molecule has 2 fully saturated rings. The van der Waals surface area contributed by atoms with E-state index >= 15 is 0 Å². The maximum atomic E-state index is 12.8. The topological polar surface area (TPSA) is 54.3 Å². The van der Waals surface area contributed by atoms with Crippen molar-refractivity contribution in [3.8, 4) is 0 Å². The summed E-state index contributed by atoms with van der Waals surface area (Å²) in [6.07, 6.45) is 12.7. The lowest BCUT2D eigenvalue weighted by atomic mass is 9.95. The number of piperidine rings is 1. The fraction of sp³-hybridized carbons (Fsp3) is 0.636. The zero-order valence-electron chi connectivity index (χ0n) is 17.0. The molecule has 1 aliphatic carbocycles. The van der Waals surface area contributed by atoms with E-state index in [2.05, 4.69) is 29.8 Å². The van der Waals surface area contributed by atoms with Gasteiger partial charge in [0.25, 0.3) is 0 Å². The van der Waals surface area contributed by atoms with Crippen LogP contribution in [0.2, 0.25) is 0 Å². The van der Waals surface area contributed by atoms with Crippen molar-refractivity contribution < 1.29 is 9.59 Å². The first-order valence-corrected chi connectivity index (χ1v) is 10.4. The molecule has 0 radical (unpaired) electrons. The van der Waals surface area contributed by atoms with Gasteiger partial charge < -0.3 is 14.8 Å². The van der Waals surface area contributed by atoms with Gasteiger partial charge in [-0.05, 0) is 63.7 Å². The Kier molecular flexibility index (Phi) is 6.40. The van der Waals surface area contributed by atoms with Crippen molar-refractivity contribution >= 4 is 17.9 Å². The molecule has 1 aromatic heterocycles. The van der Waals surface area contributed by atoms with E-state index in [1.165, 1.54) is 43.5 Å². The normalized spacial score (nSPS) is 21.6. The summed E-state index contributed by atoms with van der Waals surface area (Å²) in [5.74, 6) is -0.127. The second-order valence-corrected chi connectivity index (χ2v) is 7.98. The van der Waals surface area contributed by atoms with Crippen LogP contribution in [0.25, 0.3) is 6.08 Å². The Balaban J connectivity index is 1.75. The van der Waals surface area contributed by atoms with Gasteiger partial charge in [0, 0.05) is 37.1 Å². The highest BCUT2D eigenvalue weighted by molar-refractivity contribution is 5.95. The number of rotatable bonds is 4. The highest BCUT2D eigenvalue weighted by Crippen LogP contribution is 2.32. The van der Waals surface area contributed by atoms with Crippen molar-refractivity contribution in [1.82, 2.24) is 14.8 Å². The van der Waals surface area contributed by atoms with Gasteiger partial charge in [-0.25, -0.2) is 0 Å². The zero-order valence-corrected chi connectivity index (χ0v) is 17.0. The number of nitrogens with one attached hydrogen (secondary N) is 1. The zero-order chi connectivity index (χ0) is 19.4. The molecular weight excluding hydrogens is 338 g/mol. The quantitative estimate of drug-likeness (QED) is 0.820. The molecule has 0 bridgehead atoms. The van der Waals surface area contributed by atoms with Gasteiger partial charge in [-0.1, -0.05) is 19.3 Å². The average molecular weight is 372 g/mol. The van der Waals surface area contributed by atoms with Gasteiger partial charge in [0.2, 0.25) is 11.8 Å². The molecule has 1 saturated heterocycles. The second kappa shape index (κ2) is 8.77. The number of nitrogens with zero attached hydrogens (tertiary/aromatic N) is 2. The van der Waals surface area contributed by atoms with Crippen molar-refractivity contribution in [2.45, 2.75) is 77.3 Å². The van der Waals surface area contributed by atoms with Gasteiger partial charge in [0.15, 0.2) is 0 Å². The predicted molar refractivity (Wildman–Crippen MR) is 108 cm³/mol. The minimum Gasteiger partial charge on any atom is -0.357 e. The number of aryl methyl sites for hydroxylation is 1. The largest absolute Gasteiger partial charge is 0.357 e. The average Bonchev–Trinajstić information content (AvgIpc) is 2.99. The SMILES string of the molecule is CNC(=O)C1CCCCN1C(=O)/C=C/c1cc(C)n(C2CCCCC2)c1C. The monoisotopic (exact) mass is 371 g/mol. The Morgan fingerprint density at radius 3 is 2.48 bits per heavy atom. The van der Waals surface area contributed by atoms with Gasteiger partial charge in [0.05, 0.1) is 0 Å². The first-order valence-electron chi connectivity index (χ1n) is 10.4. The van der Waals surface area contributed by atoms with Crippen LogP contribution in [-0.2, 0) is 9.59 Å². The third kappa shape index (κ3) is 4.28. The van der Waals surface area contributed by atoms with Crippen molar-refractivity contribution in [1.29, 1.82) is 0 Å². The van der Waals surface area contributed by atoms with E-state index in [9.17, 15) is 9.59 Å².